The third kappa shape index (κ3) is 7.43. The number of aliphatic imine (C=N–C) groups is 1. The van der Waals surface area contributed by atoms with Gasteiger partial charge < -0.3 is 15.4 Å². The van der Waals surface area contributed by atoms with Gasteiger partial charge in [0.25, 0.3) is 5.69 Å². The Balaban J connectivity index is 0.00000529. The molecule has 0 aliphatic carbocycles. The summed E-state index contributed by atoms with van der Waals surface area (Å²) in [4.78, 5) is 14.5. The number of rotatable bonds is 6. The van der Waals surface area contributed by atoms with Gasteiger partial charge in [0.2, 0.25) is 0 Å². The Morgan fingerprint density at radius 3 is 2.54 bits per heavy atom. The summed E-state index contributed by atoms with van der Waals surface area (Å²) in [6.45, 7) is 7.41. The van der Waals surface area contributed by atoms with Crippen LogP contribution in [0.1, 0.15) is 26.3 Å². The van der Waals surface area contributed by atoms with Crippen LogP contribution in [0.5, 0.6) is 0 Å². The van der Waals surface area contributed by atoms with Crippen LogP contribution in [0.4, 0.5) is 5.69 Å². The molecule has 0 spiro atoms. The van der Waals surface area contributed by atoms with Crippen molar-refractivity contribution in [3.63, 3.8) is 0 Å². The monoisotopic (exact) mass is 450 g/mol. The Labute approximate surface area is 160 Å². The fourth-order valence-electron chi connectivity index (χ4n) is 2.12. The maximum atomic E-state index is 10.8. The highest BCUT2D eigenvalue weighted by atomic mass is 127. The molecule has 2 N–H and O–H groups in total. The number of hydrogen-bond acceptors (Lipinski definition) is 4. The third-order valence-corrected chi connectivity index (χ3v) is 3.51. The van der Waals surface area contributed by atoms with Gasteiger partial charge in [-0.15, -0.1) is 24.0 Å². The molecule has 0 amide bonds. The van der Waals surface area contributed by atoms with E-state index in [0.29, 0.717) is 19.0 Å². The number of nitro groups is 1. The van der Waals surface area contributed by atoms with E-state index in [-0.39, 0.29) is 41.2 Å². The second kappa shape index (κ2) is 10.4. The molecule has 1 unspecified atom stereocenters. The summed E-state index contributed by atoms with van der Waals surface area (Å²) >= 11 is 0. The van der Waals surface area contributed by atoms with Crippen molar-refractivity contribution >= 4 is 35.6 Å². The zero-order valence-corrected chi connectivity index (χ0v) is 17.2. The van der Waals surface area contributed by atoms with E-state index in [2.05, 4.69) is 36.4 Å². The maximum absolute atomic E-state index is 10.8. The fraction of sp³-hybridized carbons (Fsp3) is 0.562. The van der Waals surface area contributed by atoms with Crippen LogP contribution in [-0.4, -0.2) is 37.7 Å². The highest BCUT2D eigenvalue weighted by molar-refractivity contribution is 14.0. The molecule has 1 atom stereocenters. The molecule has 0 fully saturated rings. The molecule has 0 heterocycles. The Morgan fingerprint density at radius 1 is 1.38 bits per heavy atom. The summed E-state index contributed by atoms with van der Waals surface area (Å²) in [5.74, 6) is 0.628. The second-order valence-corrected chi connectivity index (χ2v) is 6.32. The lowest BCUT2D eigenvalue weighted by molar-refractivity contribution is -0.384. The van der Waals surface area contributed by atoms with E-state index in [1.165, 1.54) is 6.07 Å². The van der Waals surface area contributed by atoms with Gasteiger partial charge in [-0.3, -0.25) is 15.1 Å². The number of halogens is 1. The number of ether oxygens (including phenoxy) is 1. The average Bonchev–Trinajstić information content (AvgIpc) is 2.49. The number of methoxy groups -OCH3 is 1. The van der Waals surface area contributed by atoms with Gasteiger partial charge in [-0.1, -0.05) is 32.9 Å². The topological polar surface area (TPSA) is 88.8 Å². The van der Waals surface area contributed by atoms with Crippen molar-refractivity contribution < 1.29 is 9.66 Å². The van der Waals surface area contributed by atoms with Crippen LogP contribution in [-0.2, 0) is 11.3 Å². The standard InChI is InChI=1S/C16H26N4O3.HI/c1-16(2,3)14(23-5)11-19-15(17-4)18-10-12-7-6-8-13(9-12)20(21)22;/h6-9,14H,10-11H2,1-5H3,(H2,17,18,19);1H. The van der Waals surface area contributed by atoms with Crippen molar-refractivity contribution in [2.24, 2.45) is 10.4 Å². The van der Waals surface area contributed by atoms with E-state index < -0.39 is 4.92 Å². The van der Waals surface area contributed by atoms with Crippen molar-refractivity contribution in [1.29, 1.82) is 0 Å². The molecule has 1 aromatic carbocycles. The molecular formula is C16H27IN4O3. The zero-order valence-electron chi connectivity index (χ0n) is 14.8. The van der Waals surface area contributed by atoms with Gasteiger partial charge in [0, 0.05) is 39.4 Å². The minimum Gasteiger partial charge on any atom is -0.379 e. The number of guanidine groups is 1. The molecule has 1 rings (SSSR count). The minimum absolute atomic E-state index is 0. The molecule has 0 saturated carbocycles. The Bertz CT molecular complexity index is 558. The predicted octanol–water partition coefficient (Wildman–Crippen LogP) is 2.94. The number of non-ortho nitro benzene ring substituents is 1. The van der Waals surface area contributed by atoms with E-state index in [1.807, 2.05) is 6.07 Å². The molecule has 136 valence electrons. The van der Waals surface area contributed by atoms with E-state index in [9.17, 15) is 10.1 Å². The summed E-state index contributed by atoms with van der Waals surface area (Å²) in [7, 11) is 3.37. The average molecular weight is 450 g/mol. The number of nitrogens with one attached hydrogen (secondary N) is 2. The highest BCUT2D eigenvalue weighted by Crippen LogP contribution is 2.20. The predicted molar refractivity (Wildman–Crippen MR) is 107 cm³/mol. The van der Waals surface area contributed by atoms with Crippen LogP contribution in [0.3, 0.4) is 0 Å². The molecule has 8 heteroatoms. The van der Waals surface area contributed by atoms with Gasteiger partial charge in [0.05, 0.1) is 11.0 Å². The number of nitrogens with zero attached hydrogens (tertiary/aromatic N) is 2. The molecule has 0 aliphatic heterocycles. The van der Waals surface area contributed by atoms with Crippen molar-refractivity contribution in [3.05, 3.63) is 39.9 Å². The van der Waals surface area contributed by atoms with E-state index >= 15 is 0 Å². The molecule has 0 saturated heterocycles. The van der Waals surface area contributed by atoms with Gasteiger partial charge in [0.1, 0.15) is 0 Å². The zero-order chi connectivity index (χ0) is 17.5. The first-order valence-electron chi connectivity index (χ1n) is 7.48. The molecule has 24 heavy (non-hydrogen) atoms. The lowest BCUT2D eigenvalue weighted by atomic mass is 9.89. The normalized spacial score (nSPS) is 13.0. The lowest BCUT2D eigenvalue weighted by Crippen LogP contribution is -2.45. The third-order valence-electron chi connectivity index (χ3n) is 3.51. The van der Waals surface area contributed by atoms with Crippen molar-refractivity contribution in [2.45, 2.75) is 33.4 Å². The van der Waals surface area contributed by atoms with Gasteiger partial charge in [0.15, 0.2) is 5.96 Å². The quantitative estimate of drug-likeness (QED) is 0.229. The van der Waals surface area contributed by atoms with E-state index in [4.69, 9.17) is 4.74 Å². The SMILES string of the molecule is CN=C(NCc1cccc([N+](=O)[O-])c1)NCC(OC)C(C)(C)C.I. The Morgan fingerprint density at radius 2 is 2.04 bits per heavy atom. The van der Waals surface area contributed by atoms with Crippen LogP contribution in [0.25, 0.3) is 0 Å². The number of benzene rings is 1. The van der Waals surface area contributed by atoms with Gasteiger partial charge in [-0.05, 0) is 11.0 Å². The fourth-order valence-corrected chi connectivity index (χ4v) is 2.12. The van der Waals surface area contributed by atoms with Crippen LogP contribution < -0.4 is 10.6 Å². The number of hydrogen-bond donors (Lipinski definition) is 2. The summed E-state index contributed by atoms with van der Waals surface area (Å²) in [5.41, 5.74) is 0.918. The first-order valence-corrected chi connectivity index (χ1v) is 7.48. The largest absolute Gasteiger partial charge is 0.379 e. The first kappa shape index (κ1) is 22.6. The highest BCUT2D eigenvalue weighted by Gasteiger charge is 2.24. The smallest absolute Gasteiger partial charge is 0.269 e. The van der Waals surface area contributed by atoms with Crippen molar-refractivity contribution in [2.75, 3.05) is 20.7 Å². The van der Waals surface area contributed by atoms with Crippen molar-refractivity contribution in [3.8, 4) is 0 Å². The molecule has 1 aromatic rings. The number of nitro benzene ring substituents is 1. The van der Waals surface area contributed by atoms with Crippen LogP contribution >= 0.6 is 24.0 Å². The lowest BCUT2D eigenvalue weighted by Gasteiger charge is -2.30. The summed E-state index contributed by atoms with van der Waals surface area (Å²) in [5, 5.41) is 17.1. The van der Waals surface area contributed by atoms with Crippen LogP contribution in [0.15, 0.2) is 29.3 Å². The van der Waals surface area contributed by atoms with E-state index in [0.717, 1.165) is 5.56 Å². The maximum Gasteiger partial charge on any atom is 0.269 e. The van der Waals surface area contributed by atoms with Gasteiger partial charge in [-0.25, -0.2) is 0 Å². The van der Waals surface area contributed by atoms with E-state index in [1.54, 1.807) is 26.3 Å². The Hall–Kier alpha value is -1.42. The molecular weight excluding hydrogens is 423 g/mol. The summed E-state index contributed by atoms with van der Waals surface area (Å²) in [6.07, 6.45) is 0.0406. The molecule has 0 radical (unpaired) electrons. The van der Waals surface area contributed by atoms with Gasteiger partial charge in [-0.2, -0.15) is 0 Å². The van der Waals surface area contributed by atoms with Crippen LogP contribution in [0.2, 0.25) is 0 Å². The van der Waals surface area contributed by atoms with Crippen molar-refractivity contribution in [1.82, 2.24) is 10.6 Å². The molecule has 0 bridgehead atoms. The summed E-state index contributed by atoms with van der Waals surface area (Å²) < 4.78 is 5.49. The van der Waals surface area contributed by atoms with Crippen LogP contribution in [0, 0.1) is 15.5 Å². The Kier molecular flexibility index (Phi) is 9.83. The molecule has 0 aliphatic rings. The second-order valence-electron chi connectivity index (χ2n) is 6.32. The molecule has 7 nitrogen and oxygen atoms in total. The first-order chi connectivity index (χ1) is 10.8. The van der Waals surface area contributed by atoms with Gasteiger partial charge >= 0.3 is 0 Å². The minimum atomic E-state index is -0.400. The summed E-state index contributed by atoms with van der Waals surface area (Å²) in [6, 6.07) is 6.53. The molecule has 0 aromatic heterocycles.